The number of fused-ring (bicyclic) bond motifs is 1. The van der Waals surface area contributed by atoms with E-state index in [0.717, 1.165) is 16.8 Å². The van der Waals surface area contributed by atoms with Gasteiger partial charge in [0.1, 0.15) is 11.6 Å². The molecule has 0 unspecified atom stereocenters. The lowest BCUT2D eigenvalue weighted by molar-refractivity contribution is 0.398. The van der Waals surface area contributed by atoms with Crippen molar-refractivity contribution in [1.82, 2.24) is 19.6 Å². The number of pyridine rings is 1. The Labute approximate surface area is 153 Å². The maximum atomic E-state index is 13.4. The summed E-state index contributed by atoms with van der Waals surface area (Å²) in [5, 5.41) is 7.51. The number of nitrogens with zero attached hydrogens (tertiary/aromatic N) is 4. The van der Waals surface area contributed by atoms with Crippen molar-refractivity contribution < 1.29 is 9.13 Å². The molecule has 0 saturated heterocycles. The van der Waals surface area contributed by atoms with Gasteiger partial charge in [0.2, 0.25) is 5.88 Å². The van der Waals surface area contributed by atoms with Crippen molar-refractivity contribution in [2.75, 3.05) is 12.4 Å². The second-order valence-corrected chi connectivity index (χ2v) is 5.89. The van der Waals surface area contributed by atoms with Crippen LogP contribution < -0.4 is 10.1 Å². The average Bonchev–Trinajstić information content (AvgIpc) is 3.08. The van der Waals surface area contributed by atoms with Gasteiger partial charge >= 0.3 is 0 Å². The van der Waals surface area contributed by atoms with Crippen molar-refractivity contribution in [3.8, 4) is 17.0 Å². The first-order valence-corrected chi connectivity index (χ1v) is 8.09. The first-order valence-electron chi connectivity index (χ1n) is 7.71. The van der Waals surface area contributed by atoms with Gasteiger partial charge < -0.3 is 10.1 Å². The van der Waals surface area contributed by atoms with E-state index in [2.05, 4.69) is 20.4 Å². The molecule has 8 heteroatoms. The van der Waals surface area contributed by atoms with Gasteiger partial charge in [0.05, 0.1) is 30.2 Å². The van der Waals surface area contributed by atoms with Gasteiger partial charge in [-0.2, -0.15) is 5.10 Å². The topological polar surface area (TPSA) is 64.3 Å². The van der Waals surface area contributed by atoms with E-state index in [4.69, 9.17) is 16.3 Å². The third-order valence-electron chi connectivity index (χ3n) is 3.82. The molecule has 6 nitrogen and oxygen atoms in total. The molecule has 26 heavy (non-hydrogen) atoms. The molecule has 0 bridgehead atoms. The van der Waals surface area contributed by atoms with Crippen LogP contribution in [0.2, 0.25) is 5.02 Å². The molecule has 0 atom stereocenters. The summed E-state index contributed by atoms with van der Waals surface area (Å²) in [5.74, 6) is 0.693. The van der Waals surface area contributed by atoms with Crippen LogP contribution in [0.3, 0.4) is 0 Å². The minimum Gasteiger partial charge on any atom is -0.481 e. The molecule has 1 aromatic carbocycles. The summed E-state index contributed by atoms with van der Waals surface area (Å²) in [5.41, 5.74) is 2.89. The summed E-state index contributed by atoms with van der Waals surface area (Å²) in [6.45, 7) is 0. The van der Waals surface area contributed by atoms with Crippen molar-refractivity contribution in [2.45, 2.75) is 0 Å². The fraction of sp³-hybridized carbons (Fsp3) is 0.0556. The Kier molecular flexibility index (Phi) is 4.14. The standard InChI is InChI=1S/C18H13ClFN5O/c1-26-17-5-3-12(9-21-17)23-16-6-7-25-18(24-16)13(10-22-25)11-2-4-15(20)14(19)8-11/h2-10H,1H3,(H,23,24). The average molecular weight is 370 g/mol. The highest BCUT2D eigenvalue weighted by molar-refractivity contribution is 6.31. The van der Waals surface area contributed by atoms with E-state index in [1.165, 1.54) is 6.07 Å². The molecule has 0 spiro atoms. The Morgan fingerprint density at radius 3 is 2.77 bits per heavy atom. The highest BCUT2D eigenvalue weighted by Crippen LogP contribution is 2.28. The van der Waals surface area contributed by atoms with E-state index < -0.39 is 5.82 Å². The SMILES string of the molecule is COc1ccc(Nc2ccn3ncc(-c4ccc(F)c(Cl)c4)c3n2)cn1. The van der Waals surface area contributed by atoms with Crippen LogP contribution in [0.5, 0.6) is 5.88 Å². The first kappa shape index (κ1) is 16.3. The number of ether oxygens (including phenoxy) is 1. The monoisotopic (exact) mass is 369 g/mol. The maximum Gasteiger partial charge on any atom is 0.213 e. The molecule has 3 heterocycles. The molecule has 0 fully saturated rings. The number of benzene rings is 1. The molecule has 0 radical (unpaired) electrons. The third kappa shape index (κ3) is 3.04. The predicted molar refractivity (Wildman–Crippen MR) is 97.5 cm³/mol. The second-order valence-electron chi connectivity index (χ2n) is 5.48. The van der Waals surface area contributed by atoms with Gasteiger partial charge in [-0.1, -0.05) is 17.7 Å². The van der Waals surface area contributed by atoms with Crippen LogP contribution in [0.4, 0.5) is 15.9 Å². The van der Waals surface area contributed by atoms with E-state index in [-0.39, 0.29) is 5.02 Å². The lowest BCUT2D eigenvalue weighted by Gasteiger charge is -2.07. The molecular weight excluding hydrogens is 357 g/mol. The quantitative estimate of drug-likeness (QED) is 0.580. The normalized spacial score (nSPS) is 10.9. The van der Waals surface area contributed by atoms with Crippen LogP contribution >= 0.6 is 11.6 Å². The largest absolute Gasteiger partial charge is 0.481 e. The van der Waals surface area contributed by atoms with Crippen molar-refractivity contribution in [3.63, 3.8) is 0 Å². The Morgan fingerprint density at radius 1 is 1.15 bits per heavy atom. The predicted octanol–water partition coefficient (Wildman–Crippen LogP) is 4.34. The van der Waals surface area contributed by atoms with E-state index in [1.807, 2.05) is 6.07 Å². The molecule has 130 valence electrons. The summed E-state index contributed by atoms with van der Waals surface area (Å²) in [6.07, 6.45) is 5.11. The summed E-state index contributed by atoms with van der Waals surface area (Å²) < 4.78 is 20.1. The van der Waals surface area contributed by atoms with Crippen molar-refractivity contribution >= 4 is 28.8 Å². The summed E-state index contributed by atoms with van der Waals surface area (Å²) in [4.78, 5) is 8.74. The first-order chi connectivity index (χ1) is 12.6. The molecule has 0 amide bonds. The minimum absolute atomic E-state index is 0.0560. The Bertz CT molecular complexity index is 1080. The lowest BCUT2D eigenvalue weighted by atomic mass is 10.1. The summed E-state index contributed by atoms with van der Waals surface area (Å²) >= 11 is 5.89. The fourth-order valence-electron chi connectivity index (χ4n) is 2.53. The van der Waals surface area contributed by atoms with Crippen LogP contribution in [0.15, 0.2) is 55.0 Å². The zero-order valence-corrected chi connectivity index (χ0v) is 14.4. The number of rotatable bonds is 4. The zero-order valence-electron chi connectivity index (χ0n) is 13.6. The molecule has 4 aromatic rings. The van der Waals surface area contributed by atoms with Gasteiger partial charge in [0, 0.05) is 17.8 Å². The summed E-state index contributed by atoms with van der Waals surface area (Å²) in [7, 11) is 1.56. The number of hydrogen-bond acceptors (Lipinski definition) is 5. The molecule has 0 aliphatic heterocycles. The second kappa shape index (κ2) is 6.61. The molecule has 0 saturated carbocycles. The lowest BCUT2D eigenvalue weighted by Crippen LogP contribution is -1.98. The van der Waals surface area contributed by atoms with E-state index >= 15 is 0 Å². The van der Waals surface area contributed by atoms with Crippen LogP contribution in [-0.4, -0.2) is 26.7 Å². The van der Waals surface area contributed by atoms with E-state index in [1.54, 1.807) is 54.5 Å². The highest BCUT2D eigenvalue weighted by atomic mass is 35.5. The zero-order chi connectivity index (χ0) is 18.1. The third-order valence-corrected chi connectivity index (χ3v) is 4.11. The minimum atomic E-state index is -0.464. The van der Waals surface area contributed by atoms with Crippen LogP contribution in [0.25, 0.3) is 16.8 Å². The van der Waals surface area contributed by atoms with Gasteiger partial charge in [-0.3, -0.25) is 0 Å². The number of aromatic nitrogens is 4. The fourth-order valence-corrected chi connectivity index (χ4v) is 2.71. The van der Waals surface area contributed by atoms with Crippen molar-refractivity contribution in [3.05, 3.63) is 65.8 Å². The summed E-state index contributed by atoms with van der Waals surface area (Å²) in [6, 6.07) is 9.93. The van der Waals surface area contributed by atoms with Gasteiger partial charge in [-0.25, -0.2) is 18.9 Å². The van der Waals surface area contributed by atoms with Crippen molar-refractivity contribution in [1.29, 1.82) is 0 Å². The molecular formula is C18H13ClFN5O. The van der Waals surface area contributed by atoms with Crippen LogP contribution in [-0.2, 0) is 0 Å². The Morgan fingerprint density at radius 2 is 2.04 bits per heavy atom. The maximum absolute atomic E-state index is 13.4. The number of hydrogen-bond donors (Lipinski definition) is 1. The van der Waals surface area contributed by atoms with E-state index in [9.17, 15) is 4.39 Å². The smallest absolute Gasteiger partial charge is 0.213 e. The number of methoxy groups -OCH3 is 1. The Hall–Kier alpha value is -3.19. The van der Waals surface area contributed by atoms with Gasteiger partial charge in [-0.05, 0) is 29.8 Å². The van der Waals surface area contributed by atoms with E-state index in [0.29, 0.717) is 17.3 Å². The molecule has 3 aromatic heterocycles. The van der Waals surface area contributed by atoms with Crippen molar-refractivity contribution in [2.24, 2.45) is 0 Å². The number of anilines is 2. The Balaban J connectivity index is 1.70. The molecule has 0 aliphatic rings. The van der Waals surface area contributed by atoms with Crippen LogP contribution in [0, 0.1) is 5.82 Å². The molecule has 4 rings (SSSR count). The number of halogens is 2. The number of nitrogens with one attached hydrogen (secondary N) is 1. The van der Waals surface area contributed by atoms with Gasteiger partial charge in [-0.15, -0.1) is 0 Å². The molecule has 1 N–H and O–H groups in total. The van der Waals surface area contributed by atoms with Crippen LogP contribution in [0.1, 0.15) is 0 Å². The van der Waals surface area contributed by atoms with Gasteiger partial charge in [0.15, 0.2) is 5.65 Å². The highest BCUT2D eigenvalue weighted by Gasteiger charge is 2.11. The van der Waals surface area contributed by atoms with Gasteiger partial charge in [0.25, 0.3) is 0 Å². The molecule has 0 aliphatic carbocycles.